The summed E-state index contributed by atoms with van der Waals surface area (Å²) in [6.45, 7) is 0. The van der Waals surface area contributed by atoms with Crippen LogP contribution in [0.3, 0.4) is 0 Å². The maximum Gasteiger partial charge on any atom is 0.433 e. The average molecular weight is 378 g/mol. The standard InChI is InChI=1S/C17H13F3N4O3/c18-17(19,20)13-6-5-9(8-21-13)22-14(25)7-12-16(27)23-11-4-2-1-3-10(11)15(26)24-12/h1-6,8,12H,7H2,(H,22,25)(H,23,27)(H,24,26). The predicted molar refractivity (Wildman–Crippen MR) is 88.8 cm³/mol. The summed E-state index contributed by atoms with van der Waals surface area (Å²) in [7, 11) is 0. The molecule has 0 fully saturated rings. The van der Waals surface area contributed by atoms with E-state index in [9.17, 15) is 27.6 Å². The molecule has 3 amide bonds. The molecule has 1 atom stereocenters. The number of nitrogens with one attached hydrogen (secondary N) is 3. The van der Waals surface area contributed by atoms with E-state index in [1.54, 1.807) is 18.2 Å². The number of aromatic nitrogens is 1. The van der Waals surface area contributed by atoms with Crippen LogP contribution in [0.15, 0.2) is 42.6 Å². The summed E-state index contributed by atoms with van der Waals surface area (Å²) in [6.07, 6.45) is -4.12. The van der Waals surface area contributed by atoms with Crippen LogP contribution in [-0.2, 0) is 15.8 Å². The molecule has 1 aromatic heterocycles. The Bertz CT molecular complexity index is 897. The zero-order chi connectivity index (χ0) is 19.6. The van der Waals surface area contributed by atoms with Gasteiger partial charge in [-0.15, -0.1) is 0 Å². The number of hydrogen-bond donors (Lipinski definition) is 3. The second-order valence-corrected chi connectivity index (χ2v) is 5.74. The quantitative estimate of drug-likeness (QED) is 0.762. The Morgan fingerprint density at radius 2 is 1.89 bits per heavy atom. The number of carbonyl (C=O) groups is 3. The molecule has 0 aliphatic carbocycles. The first-order valence-electron chi connectivity index (χ1n) is 7.78. The number of anilines is 2. The van der Waals surface area contributed by atoms with Crippen molar-refractivity contribution in [3.8, 4) is 0 Å². The van der Waals surface area contributed by atoms with Crippen LogP contribution < -0.4 is 16.0 Å². The van der Waals surface area contributed by atoms with Gasteiger partial charge in [0.1, 0.15) is 11.7 Å². The van der Waals surface area contributed by atoms with Gasteiger partial charge >= 0.3 is 6.18 Å². The van der Waals surface area contributed by atoms with E-state index in [1.807, 2.05) is 0 Å². The van der Waals surface area contributed by atoms with Crippen molar-refractivity contribution in [2.75, 3.05) is 10.6 Å². The van der Waals surface area contributed by atoms with Crippen LogP contribution in [0.25, 0.3) is 0 Å². The molecule has 1 aliphatic rings. The summed E-state index contributed by atoms with van der Waals surface area (Å²) in [5, 5.41) is 7.36. The number of rotatable bonds is 3. The maximum atomic E-state index is 12.5. The number of halogens is 3. The molecule has 27 heavy (non-hydrogen) atoms. The molecular weight excluding hydrogens is 365 g/mol. The number of benzene rings is 1. The number of pyridine rings is 1. The third-order valence-corrected chi connectivity index (χ3v) is 3.78. The lowest BCUT2D eigenvalue weighted by Crippen LogP contribution is -2.43. The van der Waals surface area contributed by atoms with Gasteiger partial charge in [-0.05, 0) is 24.3 Å². The molecular formula is C17H13F3N4O3. The van der Waals surface area contributed by atoms with Crippen LogP contribution >= 0.6 is 0 Å². The smallest absolute Gasteiger partial charge is 0.340 e. The van der Waals surface area contributed by atoms with Crippen molar-refractivity contribution in [3.05, 3.63) is 53.9 Å². The molecule has 0 bridgehead atoms. The van der Waals surface area contributed by atoms with E-state index >= 15 is 0 Å². The Labute approximate surface area is 151 Å². The van der Waals surface area contributed by atoms with Crippen LogP contribution in [0.2, 0.25) is 0 Å². The molecule has 2 heterocycles. The average Bonchev–Trinajstić information content (AvgIpc) is 2.71. The highest BCUT2D eigenvalue weighted by Gasteiger charge is 2.32. The van der Waals surface area contributed by atoms with Gasteiger partial charge in [-0.2, -0.15) is 13.2 Å². The topological polar surface area (TPSA) is 100 Å². The van der Waals surface area contributed by atoms with Crippen LogP contribution in [0.5, 0.6) is 0 Å². The molecule has 10 heteroatoms. The second-order valence-electron chi connectivity index (χ2n) is 5.74. The lowest BCUT2D eigenvalue weighted by atomic mass is 10.1. The number of alkyl halides is 3. The number of nitrogens with zero attached hydrogens (tertiary/aromatic N) is 1. The summed E-state index contributed by atoms with van der Waals surface area (Å²) in [4.78, 5) is 39.7. The van der Waals surface area contributed by atoms with E-state index in [-0.39, 0.29) is 11.3 Å². The lowest BCUT2D eigenvalue weighted by molar-refractivity contribution is -0.141. The Kier molecular flexibility index (Phi) is 4.80. The van der Waals surface area contributed by atoms with Crippen molar-refractivity contribution in [1.29, 1.82) is 0 Å². The van der Waals surface area contributed by atoms with Gasteiger partial charge < -0.3 is 16.0 Å². The number of amides is 3. The summed E-state index contributed by atoms with van der Waals surface area (Å²) in [5.74, 6) is -1.75. The largest absolute Gasteiger partial charge is 0.433 e. The first-order valence-corrected chi connectivity index (χ1v) is 7.78. The highest BCUT2D eigenvalue weighted by atomic mass is 19.4. The Hall–Kier alpha value is -3.43. The molecule has 1 aliphatic heterocycles. The molecule has 7 nitrogen and oxygen atoms in total. The van der Waals surface area contributed by atoms with E-state index in [2.05, 4.69) is 20.9 Å². The normalized spacial score (nSPS) is 16.6. The highest BCUT2D eigenvalue weighted by Crippen LogP contribution is 2.27. The molecule has 140 valence electrons. The summed E-state index contributed by atoms with van der Waals surface area (Å²) < 4.78 is 37.5. The number of para-hydroxylation sites is 1. The number of hydrogen-bond acceptors (Lipinski definition) is 4. The second kappa shape index (κ2) is 7.06. The van der Waals surface area contributed by atoms with Crippen molar-refractivity contribution in [3.63, 3.8) is 0 Å². The van der Waals surface area contributed by atoms with Crippen LogP contribution in [0.1, 0.15) is 22.5 Å². The number of fused-ring (bicyclic) bond motifs is 1. The zero-order valence-corrected chi connectivity index (χ0v) is 13.6. The van der Waals surface area contributed by atoms with Gasteiger partial charge in [-0.1, -0.05) is 12.1 Å². The molecule has 1 aromatic carbocycles. The van der Waals surface area contributed by atoms with Gasteiger partial charge in [0.2, 0.25) is 11.8 Å². The molecule has 3 rings (SSSR count). The van der Waals surface area contributed by atoms with Gasteiger partial charge in [0, 0.05) is 0 Å². The van der Waals surface area contributed by atoms with Gasteiger partial charge in [0.05, 0.1) is 29.6 Å². The lowest BCUT2D eigenvalue weighted by Gasteiger charge is -2.14. The molecule has 0 saturated heterocycles. The molecule has 0 spiro atoms. The fourth-order valence-electron chi connectivity index (χ4n) is 2.49. The Morgan fingerprint density at radius 3 is 2.56 bits per heavy atom. The van der Waals surface area contributed by atoms with Crippen LogP contribution in [0.4, 0.5) is 24.5 Å². The third-order valence-electron chi connectivity index (χ3n) is 3.78. The zero-order valence-electron chi connectivity index (χ0n) is 13.6. The van der Waals surface area contributed by atoms with Gasteiger partial charge in [0.15, 0.2) is 0 Å². The minimum Gasteiger partial charge on any atom is -0.340 e. The van der Waals surface area contributed by atoms with Crippen LogP contribution in [0, 0.1) is 0 Å². The van der Waals surface area contributed by atoms with Crippen molar-refractivity contribution in [2.45, 2.75) is 18.6 Å². The minimum atomic E-state index is -4.58. The van der Waals surface area contributed by atoms with Crippen molar-refractivity contribution >= 4 is 29.1 Å². The van der Waals surface area contributed by atoms with Crippen molar-refractivity contribution in [1.82, 2.24) is 10.3 Å². The van der Waals surface area contributed by atoms with E-state index in [0.29, 0.717) is 5.69 Å². The van der Waals surface area contributed by atoms with E-state index < -0.39 is 42.1 Å². The van der Waals surface area contributed by atoms with Gasteiger partial charge in [-0.3, -0.25) is 14.4 Å². The first kappa shape index (κ1) is 18.4. The molecule has 1 unspecified atom stereocenters. The van der Waals surface area contributed by atoms with E-state index in [1.165, 1.54) is 6.07 Å². The SMILES string of the molecule is O=C(CC1NC(=O)c2ccccc2NC1=O)Nc1ccc(C(F)(F)F)nc1. The molecule has 0 radical (unpaired) electrons. The maximum absolute atomic E-state index is 12.5. The Morgan fingerprint density at radius 1 is 1.15 bits per heavy atom. The van der Waals surface area contributed by atoms with Crippen LogP contribution in [-0.4, -0.2) is 28.7 Å². The fourth-order valence-corrected chi connectivity index (χ4v) is 2.49. The van der Waals surface area contributed by atoms with Crippen molar-refractivity contribution in [2.24, 2.45) is 0 Å². The van der Waals surface area contributed by atoms with E-state index in [0.717, 1.165) is 18.3 Å². The van der Waals surface area contributed by atoms with Gasteiger partial charge in [0.25, 0.3) is 5.91 Å². The predicted octanol–water partition coefficient (Wildman–Crippen LogP) is 2.18. The molecule has 0 saturated carbocycles. The summed E-state index contributed by atoms with van der Waals surface area (Å²) >= 11 is 0. The summed E-state index contributed by atoms with van der Waals surface area (Å²) in [6, 6.07) is 7.02. The Balaban J connectivity index is 1.66. The highest BCUT2D eigenvalue weighted by molar-refractivity contribution is 6.11. The van der Waals surface area contributed by atoms with Crippen molar-refractivity contribution < 1.29 is 27.6 Å². The summed E-state index contributed by atoms with van der Waals surface area (Å²) in [5.41, 5.74) is -0.458. The fraction of sp³-hybridized carbons (Fsp3) is 0.176. The minimum absolute atomic E-state index is 0.0386. The number of carbonyl (C=O) groups excluding carboxylic acids is 3. The van der Waals surface area contributed by atoms with Gasteiger partial charge in [-0.25, -0.2) is 4.98 Å². The molecule has 3 N–H and O–H groups in total. The monoisotopic (exact) mass is 378 g/mol. The third kappa shape index (κ3) is 4.22. The first-order chi connectivity index (χ1) is 12.7. The molecule has 2 aromatic rings. The van der Waals surface area contributed by atoms with E-state index in [4.69, 9.17) is 0 Å².